The molecule has 3 nitrogen and oxygen atoms in total. The summed E-state index contributed by atoms with van der Waals surface area (Å²) in [6.07, 6.45) is 0. The van der Waals surface area contributed by atoms with Gasteiger partial charge in [-0.3, -0.25) is 0 Å². The Bertz CT molecular complexity index is 295. The van der Waals surface area contributed by atoms with Crippen molar-refractivity contribution >= 4 is 5.84 Å². The molecule has 78 valence electrons. The summed E-state index contributed by atoms with van der Waals surface area (Å²) in [5.41, 5.74) is 7.64. The zero-order chi connectivity index (χ0) is 11.0. The zero-order valence-corrected chi connectivity index (χ0v) is 9.24. The predicted octanol–water partition coefficient (Wildman–Crippen LogP) is 2.29. The minimum Gasteiger partial charge on any atom is -0.397 e. The predicted molar refractivity (Wildman–Crippen MR) is 60.3 cm³/mol. The SMILES string of the molecule is CC.CO/N=C(\N)c1cccc(C)c1. The second-order valence-electron chi connectivity index (χ2n) is 2.53. The molecule has 1 aromatic carbocycles. The van der Waals surface area contributed by atoms with Gasteiger partial charge >= 0.3 is 0 Å². The molecule has 0 aliphatic carbocycles. The number of nitrogens with two attached hydrogens (primary N) is 1. The van der Waals surface area contributed by atoms with Crippen LogP contribution in [0.3, 0.4) is 0 Å². The number of aryl methyl sites for hydroxylation is 1. The van der Waals surface area contributed by atoms with Crippen LogP contribution in [0.25, 0.3) is 0 Å². The van der Waals surface area contributed by atoms with Gasteiger partial charge in [-0.25, -0.2) is 0 Å². The molecule has 0 saturated carbocycles. The van der Waals surface area contributed by atoms with Crippen molar-refractivity contribution in [3.8, 4) is 0 Å². The highest BCUT2D eigenvalue weighted by molar-refractivity contribution is 5.97. The Kier molecular flexibility index (Phi) is 6.20. The number of nitrogens with zero attached hydrogens (tertiary/aromatic N) is 1. The van der Waals surface area contributed by atoms with Gasteiger partial charge in [-0.1, -0.05) is 42.8 Å². The largest absolute Gasteiger partial charge is 0.397 e. The van der Waals surface area contributed by atoms with Crippen molar-refractivity contribution in [2.45, 2.75) is 20.8 Å². The van der Waals surface area contributed by atoms with E-state index in [1.165, 1.54) is 7.11 Å². The van der Waals surface area contributed by atoms with Crippen molar-refractivity contribution in [3.63, 3.8) is 0 Å². The lowest BCUT2D eigenvalue weighted by atomic mass is 10.1. The monoisotopic (exact) mass is 194 g/mol. The molecule has 0 radical (unpaired) electrons. The third-order valence-electron chi connectivity index (χ3n) is 1.50. The molecule has 0 unspecified atom stereocenters. The molecule has 0 spiro atoms. The summed E-state index contributed by atoms with van der Waals surface area (Å²) in [6, 6.07) is 7.79. The van der Waals surface area contributed by atoms with Gasteiger partial charge < -0.3 is 10.6 Å². The summed E-state index contributed by atoms with van der Waals surface area (Å²) in [7, 11) is 1.47. The van der Waals surface area contributed by atoms with Crippen LogP contribution in [0.4, 0.5) is 0 Å². The molecule has 0 bridgehead atoms. The summed E-state index contributed by atoms with van der Waals surface area (Å²) < 4.78 is 0. The van der Waals surface area contributed by atoms with Crippen LogP contribution >= 0.6 is 0 Å². The van der Waals surface area contributed by atoms with E-state index in [1.54, 1.807) is 0 Å². The van der Waals surface area contributed by atoms with E-state index in [-0.39, 0.29) is 0 Å². The van der Waals surface area contributed by atoms with Gasteiger partial charge in [-0.05, 0) is 13.0 Å². The highest BCUT2D eigenvalue weighted by atomic mass is 16.6. The van der Waals surface area contributed by atoms with E-state index in [4.69, 9.17) is 5.73 Å². The lowest BCUT2D eigenvalue weighted by Gasteiger charge is -1.99. The van der Waals surface area contributed by atoms with Gasteiger partial charge in [0, 0.05) is 5.56 Å². The molecular weight excluding hydrogens is 176 g/mol. The standard InChI is InChI=1S/C9H12N2O.C2H6/c1-7-4-3-5-8(6-7)9(10)11-12-2;1-2/h3-6H,1-2H3,(H2,10,11);1-2H3. The number of oxime groups is 1. The fourth-order valence-corrected chi connectivity index (χ4v) is 0.955. The first kappa shape index (κ1) is 12.5. The van der Waals surface area contributed by atoms with Crippen molar-refractivity contribution in [2.24, 2.45) is 10.9 Å². The normalized spacial score (nSPS) is 10.1. The minimum absolute atomic E-state index is 0.404. The fourth-order valence-electron chi connectivity index (χ4n) is 0.955. The van der Waals surface area contributed by atoms with Gasteiger partial charge in [-0.2, -0.15) is 0 Å². The first-order valence-corrected chi connectivity index (χ1v) is 4.67. The van der Waals surface area contributed by atoms with E-state index in [0.29, 0.717) is 5.84 Å². The van der Waals surface area contributed by atoms with E-state index in [9.17, 15) is 0 Å². The van der Waals surface area contributed by atoms with E-state index < -0.39 is 0 Å². The Morgan fingerprint density at radius 2 is 2.00 bits per heavy atom. The summed E-state index contributed by atoms with van der Waals surface area (Å²) in [5, 5.41) is 3.63. The quantitative estimate of drug-likeness (QED) is 0.446. The number of amidine groups is 1. The molecule has 0 aliphatic rings. The van der Waals surface area contributed by atoms with Crippen LogP contribution in [0.1, 0.15) is 25.0 Å². The van der Waals surface area contributed by atoms with Gasteiger partial charge in [0.25, 0.3) is 0 Å². The first-order chi connectivity index (χ1) is 6.74. The van der Waals surface area contributed by atoms with E-state index >= 15 is 0 Å². The Morgan fingerprint density at radius 1 is 1.36 bits per heavy atom. The van der Waals surface area contributed by atoms with Crippen LogP contribution in [0, 0.1) is 6.92 Å². The maximum Gasteiger partial charge on any atom is 0.170 e. The summed E-state index contributed by atoms with van der Waals surface area (Å²) in [4.78, 5) is 4.56. The Balaban J connectivity index is 0.000000791. The molecule has 0 heterocycles. The highest BCUT2D eigenvalue weighted by Crippen LogP contribution is 2.03. The summed E-state index contributed by atoms with van der Waals surface area (Å²) in [6.45, 7) is 6.00. The third kappa shape index (κ3) is 3.94. The second-order valence-corrected chi connectivity index (χ2v) is 2.53. The number of rotatable bonds is 2. The minimum atomic E-state index is 0.404. The van der Waals surface area contributed by atoms with Crippen LogP contribution in [0.2, 0.25) is 0 Å². The van der Waals surface area contributed by atoms with Crippen LogP contribution in [0.15, 0.2) is 29.4 Å². The van der Waals surface area contributed by atoms with Gasteiger partial charge in [0.1, 0.15) is 7.11 Å². The lowest BCUT2D eigenvalue weighted by molar-refractivity contribution is 0.213. The average Bonchev–Trinajstić information content (AvgIpc) is 2.21. The molecule has 0 fully saturated rings. The molecule has 14 heavy (non-hydrogen) atoms. The van der Waals surface area contributed by atoms with E-state index in [1.807, 2.05) is 45.0 Å². The molecule has 0 aromatic heterocycles. The van der Waals surface area contributed by atoms with Crippen molar-refractivity contribution < 1.29 is 4.84 Å². The number of hydrogen-bond acceptors (Lipinski definition) is 2. The lowest BCUT2D eigenvalue weighted by Crippen LogP contribution is -2.13. The van der Waals surface area contributed by atoms with Crippen molar-refractivity contribution in [3.05, 3.63) is 35.4 Å². The molecule has 2 N–H and O–H groups in total. The molecule has 1 rings (SSSR count). The molecule has 3 heteroatoms. The molecule has 0 atom stereocenters. The van der Waals surface area contributed by atoms with Crippen LogP contribution < -0.4 is 5.73 Å². The Morgan fingerprint density at radius 3 is 2.50 bits per heavy atom. The average molecular weight is 194 g/mol. The van der Waals surface area contributed by atoms with Gasteiger partial charge in [-0.15, -0.1) is 0 Å². The number of hydrogen-bond donors (Lipinski definition) is 1. The van der Waals surface area contributed by atoms with Crippen molar-refractivity contribution in [2.75, 3.05) is 7.11 Å². The van der Waals surface area contributed by atoms with Gasteiger partial charge in [0.15, 0.2) is 5.84 Å². The highest BCUT2D eigenvalue weighted by Gasteiger charge is 1.97. The fraction of sp³-hybridized carbons (Fsp3) is 0.364. The van der Waals surface area contributed by atoms with Gasteiger partial charge in [0.05, 0.1) is 0 Å². The molecular formula is C11H18N2O. The van der Waals surface area contributed by atoms with Crippen LogP contribution in [0.5, 0.6) is 0 Å². The van der Waals surface area contributed by atoms with Crippen molar-refractivity contribution in [1.82, 2.24) is 0 Å². The maximum absolute atomic E-state index is 5.60. The maximum atomic E-state index is 5.60. The van der Waals surface area contributed by atoms with E-state index in [2.05, 4.69) is 9.99 Å². The summed E-state index contributed by atoms with van der Waals surface area (Å²) >= 11 is 0. The smallest absolute Gasteiger partial charge is 0.170 e. The molecule has 1 aromatic rings. The second kappa shape index (κ2) is 6.95. The molecule has 0 saturated heterocycles. The molecule has 0 amide bonds. The zero-order valence-electron chi connectivity index (χ0n) is 9.24. The number of benzene rings is 1. The molecule has 0 aliphatic heterocycles. The van der Waals surface area contributed by atoms with Crippen LogP contribution in [-0.4, -0.2) is 12.9 Å². The van der Waals surface area contributed by atoms with Crippen LogP contribution in [-0.2, 0) is 4.84 Å². The third-order valence-corrected chi connectivity index (χ3v) is 1.50. The van der Waals surface area contributed by atoms with E-state index in [0.717, 1.165) is 11.1 Å². The Labute approximate surface area is 85.6 Å². The summed E-state index contributed by atoms with van der Waals surface area (Å²) in [5.74, 6) is 0.404. The van der Waals surface area contributed by atoms with Crippen molar-refractivity contribution in [1.29, 1.82) is 0 Å². The first-order valence-electron chi connectivity index (χ1n) is 4.67. The van der Waals surface area contributed by atoms with Gasteiger partial charge in [0.2, 0.25) is 0 Å². The Hall–Kier alpha value is -1.51. The topological polar surface area (TPSA) is 47.6 Å².